The van der Waals surface area contributed by atoms with Crippen LogP contribution in [0.15, 0.2) is 0 Å². The lowest BCUT2D eigenvalue weighted by Crippen LogP contribution is -2.47. The monoisotopic (exact) mass is 248 g/mol. The standard InChI is InChI=1S/C11H24N2O2S/c1-8(2)6-10(12)11(15)13-9(7-14)4-5-16-3/h8-10,14H,4-7,12H2,1-3H3,(H,13,15)/t9?,10-/m0/s1. The largest absolute Gasteiger partial charge is 0.394 e. The Hall–Kier alpha value is -0.260. The van der Waals surface area contributed by atoms with E-state index in [9.17, 15) is 4.79 Å². The van der Waals surface area contributed by atoms with E-state index in [2.05, 4.69) is 5.32 Å². The van der Waals surface area contributed by atoms with Crippen LogP contribution in [-0.2, 0) is 4.79 Å². The zero-order valence-electron chi connectivity index (χ0n) is 10.4. The fourth-order valence-electron chi connectivity index (χ4n) is 1.39. The summed E-state index contributed by atoms with van der Waals surface area (Å²) in [5, 5.41) is 11.9. The van der Waals surface area contributed by atoms with Gasteiger partial charge in [-0.05, 0) is 30.8 Å². The van der Waals surface area contributed by atoms with E-state index in [-0.39, 0.29) is 18.6 Å². The number of aliphatic hydroxyl groups is 1. The van der Waals surface area contributed by atoms with Gasteiger partial charge in [-0.1, -0.05) is 13.8 Å². The van der Waals surface area contributed by atoms with Crippen LogP contribution in [-0.4, -0.2) is 41.7 Å². The van der Waals surface area contributed by atoms with Crippen molar-refractivity contribution in [2.45, 2.75) is 38.8 Å². The highest BCUT2D eigenvalue weighted by Crippen LogP contribution is 2.04. The van der Waals surface area contributed by atoms with Crippen LogP contribution in [0.5, 0.6) is 0 Å². The Morgan fingerprint density at radius 3 is 2.56 bits per heavy atom. The van der Waals surface area contributed by atoms with E-state index in [1.807, 2.05) is 20.1 Å². The highest BCUT2D eigenvalue weighted by Gasteiger charge is 2.18. The predicted molar refractivity (Wildman–Crippen MR) is 69.4 cm³/mol. The molecule has 0 aromatic carbocycles. The van der Waals surface area contributed by atoms with Crippen LogP contribution >= 0.6 is 11.8 Å². The Bertz CT molecular complexity index is 200. The zero-order chi connectivity index (χ0) is 12.6. The SMILES string of the molecule is CSCCC(CO)NC(=O)[C@@H](N)CC(C)C. The third-order valence-electron chi connectivity index (χ3n) is 2.30. The fraction of sp³-hybridized carbons (Fsp3) is 0.909. The second-order valence-electron chi connectivity index (χ2n) is 4.41. The predicted octanol–water partition coefficient (Wildman–Crippen LogP) is 0.590. The van der Waals surface area contributed by atoms with E-state index < -0.39 is 6.04 Å². The van der Waals surface area contributed by atoms with Gasteiger partial charge in [0, 0.05) is 0 Å². The molecular formula is C11H24N2O2S. The third-order valence-corrected chi connectivity index (χ3v) is 2.94. The first kappa shape index (κ1) is 15.7. The summed E-state index contributed by atoms with van der Waals surface area (Å²) >= 11 is 1.70. The van der Waals surface area contributed by atoms with Gasteiger partial charge in [-0.15, -0.1) is 0 Å². The first-order valence-corrected chi connectivity index (χ1v) is 7.06. The van der Waals surface area contributed by atoms with Crippen LogP contribution in [0.1, 0.15) is 26.7 Å². The molecule has 1 unspecified atom stereocenters. The molecule has 2 atom stereocenters. The Labute approximate surface area is 102 Å². The maximum atomic E-state index is 11.7. The fourth-order valence-corrected chi connectivity index (χ4v) is 1.91. The first-order chi connectivity index (χ1) is 7.51. The Kier molecular flexibility index (Phi) is 8.70. The Morgan fingerprint density at radius 1 is 1.50 bits per heavy atom. The van der Waals surface area contributed by atoms with Crippen molar-refractivity contribution in [1.29, 1.82) is 0 Å². The second-order valence-corrected chi connectivity index (χ2v) is 5.39. The van der Waals surface area contributed by atoms with Crippen molar-refractivity contribution in [3.8, 4) is 0 Å². The molecule has 0 aromatic rings. The number of amides is 1. The molecule has 0 aliphatic rings. The highest BCUT2D eigenvalue weighted by molar-refractivity contribution is 7.98. The zero-order valence-corrected chi connectivity index (χ0v) is 11.2. The Morgan fingerprint density at radius 2 is 2.12 bits per heavy atom. The lowest BCUT2D eigenvalue weighted by Gasteiger charge is -2.19. The van der Waals surface area contributed by atoms with Gasteiger partial charge in [0.2, 0.25) is 5.91 Å². The van der Waals surface area contributed by atoms with Crippen molar-refractivity contribution < 1.29 is 9.90 Å². The van der Waals surface area contributed by atoms with Crippen molar-refractivity contribution in [3.05, 3.63) is 0 Å². The normalized spacial score (nSPS) is 14.9. The van der Waals surface area contributed by atoms with Gasteiger partial charge in [-0.2, -0.15) is 11.8 Å². The highest BCUT2D eigenvalue weighted by atomic mass is 32.2. The second kappa shape index (κ2) is 8.84. The van der Waals surface area contributed by atoms with Crippen LogP contribution in [0.2, 0.25) is 0 Å². The third kappa shape index (κ3) is 7.09. The van der Waals surface area contributed by atoms with Crippen LogP contribution in [0.3, 0.4) is 0 Å². The summed E-state index contributed by atoms with van der Waals surface area (Å²) in [6.07, 6.45) is 3.45. The van der Waals surface area contributed by atoms with Crippen LogP contribution in [0.25, 0.3) is 0 Å². The topological polar surface area (TPSA) is 75.3 Å². The van der Waals surface area contributed by atoms with E-state index in [0.29, 0.717) is 12.3 Å². The quantitative estimate of drug-likeness (QED) is 0.588. The Balaban J connectivity index is 3.98. The smallest absolute Gasteiger partial charge is 0.237 e. The summed E-state index contributed by atoms with van der Waals surface area (Å²) < 4.78 is 0. The van der Waals surface area contributed by atoms with Crippen molar-refractivity contribution in [3.63, 3.8) is 0 Å². The molecule has 0 saturated heterocycles. The van der Waals surface area contributed by atoms with E-state index in [0.717, 1.165) is 12.2 Å². The average Bonchev–Trinajstić information content (AvgIpc) is 2.22. The van der Waals surface area contributed by atoms with Crippen LogP contribution < -0.4 is 11.1 Å². The van der Waals surface area contributed by atoms with Crippen molar-refractivity contribution in [1.82, 2.24) is 5.32 Å². The lowest BCUT2D eigenvalue weighted by molar-refractivity contribution is -0.123. The molecule has 0 aromatic heterocycles. The minimum atomic E-state index is -0.469. The van der Waals surface area contributed by atoms with Gasteiger partial charge >= 0.3 is 0 Å². The molecule has 0 radical (unpaired) electrons. The minimum absolute atomic E-state index is 0.0271. The summed E-state index contributed by atoms with van der Waals surface area (Å²) in [6, 6.07) is -0.638. The number of nitrogens with two attached hydrogens (primary N) is 1. The summed E-state index contributed by atoms with van der Waals surface area (Å²) in [5.74, 6) is 1.17. The van der Waals surface area contributed by atoms with E-state index in [4.69, 9.17) is 10.8 Å². The number of hydrogen-bond donors (Lipinski definition) is 3. The van der Waals surface area contributed by atoms with Crippen molar-refractivity contribution >= 4 is 17.7 Å². The molecule has 0 rings (SSSR count). The van der Waals surface area contributed by atoms with Crippen molar-refractivity contribution in [2.24, 2.45) is 11.7 Å². The molecule has 0 heterocycles. The minimum Gasteiger partial charge on any atom is -0.394 e. The number of hydrogen-bond acceptors (Lipinski definition) is 4. The molecule has 1 amide bonds. The molecule has 4 N–H and O–H groups in total. The summed E-state index contributed by atoms with van der Waals surface area (Å²) in [7, 11) is 0. The number of thioether (sulfide) groups is 1. The number of aliphatic hydroxyl groups excluding tert-OH is 1. The van der Waals surface area contributed by atoms with Gasteiger partial charge in [0.05, 0.1) is 18.7 Å². The molecule has 0 fully saturated rings. The van der Waals surface area contributed by atoms with Gasteiger partial charge in [-0.3, -0.25) is 4.79 Å². The van der Waals surface area contributed by atoms with Gasteiger partial charge in [0.25, 0.3) is 0 Å². The van der Waals surface area contributed by atoms with Crippen LogP contribution in [0, 0.1) is 5.92 Å². The van der Waals surface area contributed by atoms with Crippen molar-refractivity contribution in [2.75, 3.05) is 18.6 Å². The maximum absolute atomic E-state index is 11.7. The molecule has 96 valence electrons. The molecule has 4 nitrogen and oxygen atoms in total. The number of carbonyl (C=O) groups is 1. The number of rotatable bonds is 8. The average molecular weight is 248 g/mol. The molecule has 16 heavy (non-hydrogen) atoms. The van der Waals surface area contributed by atoms with Gasteiger partial charge in [0.15, 0.2) is 0 Å². The summed E-state index contributed by atoms with van der Waals surface area (Å²) in [4.78, 5) is 11.7. The molecular weight excluding hydrogens is 224 g/mol. The summed E-state index contributed by atoms with van der Waals surface area (Å²) in [6.45, 7) is 4.04. The molecule has 0 aliphatic carbocycles. The van der Waals surface area contributed by atoms with Gasteiger partial charge in [-0.25, -0.2) is 0 Å². The maximum Gasteiger partial charge on any atom is 0.237 e. The first-order valence-electron chi connectivity index (χ1n) is 5.67. The molecule has 0 saturated carbocycles. The lowest BCUT2D eigenvalue weighted by atomic mass is 10.0. The number of nitrogens with one attached hydrogen (secondary N) is 1. The van der Waals surface area contributed by atoms with Crippen LogP contribution in [0.4, 0.5) is 0 Å². The number of carbonyl (C=O) groups excluding carboxylic acids is 1. The molecule has 0 bridgehead atoms. The molecule has 0 aliphatic heterocycles. The molecule has 5 heteroatoms. The van der Waals surface area contributed by atoms with E-state index in [1.54, 1.807) is 11.8 Å². The molecule has 0 spiro atoms. The van der Waals surface area contributed by atoms with E-state index in [1.165, 1.54) is 0 Å². The van der Waals surface area contributed by atoms with E-state index >= 15 is 0 Å². The van der Waals surface area contributed by atoms with Gasteiger partial charge in [0.1, 0.15) is 0 Å². The summed E-state index contributed by atoms with van der Waals surface area (Å²) in [5.41, 5.74) is 5.75. The van der Waals surface area contributed by atoms with Gasteiger partial charge < -0.3 is 16.2 Å².